The molecule has 136 valence electrons. The van der Waals surface area contributed by atoms with E-state index in [0.717, 1.165) is 43.4 Å². The van der Waals surface area contributed by atoms with E-state index < -0.39 is 0 Å². The zero-order chi connectivity index (χ0) is 18.8. The van der Waals surface area contributed by atoms with Gasteiger partial charge in [-0.3, -0.25) is 9.69 Å². The fraction of sp³-hybridized carbons (Fsp3) is 0.316. The number of hydrogen-bond acceptors (Lipinski definition) is 6. The summed E-state index contributed by atoms with van der Waals surface area (Å²) in [5.41, 5.74) is 6.32. The number of aromatic nitrogens is 2. The molecule has 26 heavy (non-hydrogen) atoms. The summed E-state index contributed by atoms with van der Waals surface area (Å²) in [6, 6.07) is 4.21. The summed E-state index contributed by atoms with van der Waals surface area (Å²) >= 11 is 4.84. The number of nitrogens with zero attached hydrogens (tertiary/aromatic N) is 3. The van der Waals surface area contributed by atoms with Crippen LogP contribution < -0.4 is 4.90 Å². The van der Waals surface area contributed by atoms with Gasteiger partial charge >= 0.3 is 0 Å². The smallest absolute Gasteiger partial charge is 0.230 e. The van der Waals surface area contributed by atoms with Gasteiger partial charge in [-0.05, 0) is 38.8 Å². The molecule has 0 atom stereocenters. The van der Waals surface area contributed by atoms with Crippen LogP contribution in [0.15, 0.2) is 27.2 Å². The van der Waals surface area contributed by atoms with Crippen LogP contribution >= 0.6 is 34.4 Å². The molecular weight excluding hydrogens is 382 g/mol. The molecule has 0 spiro atoms. The van der Waals surface area contributed by atoms with Gasteiger partial charge in [0.15, 0.2) is 5.13 Å². The number of hydrogen-bond donors (Lipinski definition) is 0. The standard InChI is InChI=1S/C19H21N3OS3/c1-11-6-12(2)17(13(3)7-11)22(15(5)23)18-21-16(9-24-18)10-26-19-20-14(4)8-25-19/h6-9H,10H2,1-5H3. The molecule has 3 rings (SSSR count). The first-order valence-corrected chi connectivity index (χ1v) is 11.0. The third-order valence-electron chi connectivity index (χ3n) is 3.85. The van der Waals surface area contributed by atoms with Crippen LogP contribution in [-0.2, 0) is 10.5 Å². The van der Waals surface area contributed by atoms with Gasteiger partial charge in [0.05, 0.1) is 11.4 Å². The number of anilines is 2. The summed E-state index contributed by atoms with van der Waals surface area (Å²) in [5, 5.41) is 4.80. The lowest BCUT2D eigenvalue weighted by Gasteiger charge is -2.23. The average molecular weight is 404 g/mol. The molecule has 7 heteroatoms. The summed E-state index contributed by atoms with van der Waals surface area (Å²) in [7, 11) is 0. The largest absolute Gasteiger partial charge is 0.274 e. The number of thiazole rings is 2. The molecule has 0 bridgehead atoms. The zero-order valence-electron chi connectivity index (χ0n) is 15.5. The normalized spacial score (nSPS) is 11.0. The number of carbonyl (C=O) groups excluding carboxylic acids is 1. The van der Waals surface area contributed by atoms with Crippen molar-refractivity contribution in [3.05, 3.63) is 51.0 Å². The highest BCUT2D eigenvalue weighted by Crippen LogP contribution is 2.35. The Morgan fingerprint density at radius 3 is 2.35 bits per heavy atom. The van der Waals surface area contributed by atoms with Gasteiger partial charge in [-0.25, -0.2) is 9.97 Å². The van der Waals surface area contributed by atoms with Crippen molar-refractivity contribution in [2.45, 2.75) is 44.7 Å². The third-order valence-corrected chi connectivity index (χ3v) is 6.89. The Kier molecular flexibility index (Phi) is 5.79. The lowest BCUT2D eigenvalue weighted by molar-refractivity contribution is -0.115. The van der Waals surface area contributed by atoms with E-state index in [2.05, 4.69) is 29.4 Å². The second-order valence-electron chi connectivity index (χ2n) is 6.27. The van der Waals surface area contributed by atoms with Crippen LogP contribution in [0.3, 0.4) is 0 Å². The van der Waals surface area contributed by atoms with Crippen molar-refractivity contribution in [2.75, 3.05) is 4.90 Å². The Morgan fingerprint density at radius 1 is 1.08 bits per heavy atom. The van der Waals surface area contributed by atoms with Crippen LogP contribution in [0.5, 0.6) is 0 Å². The van der Waals surface area contributed by atoms with Crippen LogP contribution in [0.4, 0.5) is 10.8 Å². The van der Waals surface area contributed by atoms with Crippen molar-refractivity contribution in [3.8, 4) is 0 Å². The topological polar surface area (TPSA) is 46.1 Å². The Bertz CT molecular complexity index is 922. The van der Waals surface area contributed by atoms with E-state index >= 15 is 0 Å². The van der Waals surface area contributed by atoms with E-state index in [-0.39, 0.29) is 5.91 Å². The molecule has 0 aliphatic heterocycles. The SMILES string of the molecule is CC(=O)N(c1nc(CSc2nc(C)cs2)cs1)c1c(C)cc(C)cc1C. The highest BCUT2D eigenvalue weighted by molar-refractivity contribution is 8.00. The Labute approximate surface area is 166 Å². The van der Waals surface area contributed by atoms with Gasteiger partial charge in [-0.1, -0.05) is 29.5 Å². The second-order valence-corrected chi connectivity index (χ2v) is 9.18. The van der Waals surface area contributed by atoms with Gasteiger partial charge in [-0.15, -0.1) is 22.7 Å². The van der Waals surface area contributed by atoms with Crippen molar-refractivity contribution >= 4 is 51.2 Å². The predicted octanol–water partition coefficient (Wildman–Crippen LogP) is 5.81. The van der Waals surface area contributed by atoms with Crippen LogP contribution in [-0.4, -0.2) is 15.9 Å². The van der Waals surface area contributed by atoms with Gasteiger partial charge in [0.1, 0.15) is 4.34 Å². The van der Waals surface area contributed by atoms with Gasteiger partial charge in [0.2, 0.25) is 5.91 Å². The molecule has 0 saturated carbocycles. The van der Waals surface area contributed by atoms with Crippen molar-refractivity contribution in [3.63, 3.8) is 0 Å². The molecular formula is C19H21N3OS3. The van der Waals surface area contributed by atoms with E-state index in [1.54, 1.807) is 34.9 Å². The second kappa shape index (κ2) is 7.90. The van der Waals surface area contributed by atoms with Gasteiger partial charge in [0.25, 0.3) is 0 Å². The number of aryl methyl sites for hydroxylation is 4. The van der Waals surface area contributed by atoms with E-state index in [0.29, 0.717) is 0 Å². The van der Waals surface area contributed by atoms with E-state index in [1.165, 1.54) is 16.9 Å². The molecule has 0 aliphatic rings. The summed E-state index contributed by atoms with van der Waals surface area (Å²) in [6.07, 6.45) is 0. The summed E-state index contributed by atoms with van der Waals surface area (Å²) in [6.45, 7) is 9.74. The molecule has 1 amide bonds. The molecule has 0 radical (unpaired) electrons. The van der Waals surface area contributed by atoms with E-state index in [4.69, 9.17) is 4.98 Å². The number of thioether (sulfide) groups is 1. The van der Waals surface area contributed by atoms with Crippen molar-refractivity contribution < 1.29 is 4.79 Å². The minimum atomic E-state index is -0.0239. The van der Waals surface area contributed by atoms with E-state index in [9.17, 15) is 4.79 Å². The molecule has 0 unspecified atom stereocenters. The lowest BCUT2D eigenvalue weighted by atomic mass is 10.0. The van der Waals surface area contributed by atoms with Crippen LogP contribution in [0, 0.1) is 27.7 Å². The maximum atomic E-state index is 12.4. The molecule has 0 saturated heterocycles. The predicted molar refractivity (Wildman–Crippen MR) is 112 cm³/mol. The quantitative estimate of drug-likeness (QED) is 0.504. The van der Waals surface area contributed by atoms with Crippen LogP contribution in [0.2, 0.25) is 0 Å². The Hall–Kier alpha value is -1.70. The fourth-order valence-corrected chi connectivity index (χ4v) is 5.63. The molecule has 0 aliphatic carbocycles. The van der Waals surface area contributed by atoms with Crippen molar-refractivity contribution in [1.82, 2.24) is 9.97 Å². The first-order chi connectivity index (χ1) is 12.3. The third kappa shape index (κ3) is 4.16. The monoisotopic (exact) mass is 403 g/mol. The van der Waals surface area contributed by atoms with Gasteiger partial charge < -0.3 is 0 Å². The Morgan fingerprint density at radius 2 is 1.77 bits per heavy atom. The number of benzene rings is 1. The number of rotatable bonds is 5. The molecule has 0 fully saturated rings. The average Bonchev–Trinajstić information content (AvgIpc) is 3.17. The molecule has 2 heterocycles. The van der Waals surface area contributed by atoms with Gasteiger partial charge in [0, 0.05) is 29.1 Å². The maximum Gasteiger partial charge on any atom is 0.230 e. The number of carbonyl (C=O) groups is 1. The van der Waals surface area contributed by atoms with Crippen LogP contribution in [0.25, 0.3) is 0 Å². The Balaban J connectivity index is 1.86. The molecule has 2 aromatic heterocycles. The van der Waals surface area contributed by atoms with E-state index in [1.807, 2.05) is 26.2 Å². The lowest BCUT2D eigenvalue weighted by Crippen LogP contribution is -2.24. The molecule has 4 nitrogen and oxygen atoms in total. The molecule has 3 aromatic rings. The summed E-state index contributed by atoms with van der Waals surface area (Å²) in [5.74, 6) is 0.727. The molecule has 1 aromatic carbocycles. The van der Waals surface area contributed by atoms with Gasteiger partial charge in [-0.2, -0.15) is 0 Å². The fourth-order valence-electron chi connectivity index (χ4n) is 2.91. The number of amides is 1. The first kappa shape index (κ1) is 19.1. The molecule has 0 N–H and O–H groups in total. The minimum absolute atomic E-state index is 0.0239. The van der Waals surface area contributed by atoms with Crippen molar-refractivity contribution in [1.29, 1.82) is 0 Å². The summed E-state index contributed by atoms with van der Waals surface area (Å²) in [4.78, 5) is 23.3. The summed E-state index contributed by atoms with van der Waals surface area (Å²) < 4.78 is 1.05. The maximum absolute atomic E-state index is 12.4. The van der Waals surface area contributed by atoms with Crippen LogP contribution in [0.1, 0.15) is 35.0 Å². The highest BCUT2D eigenvalue weighted by Gasteiger charge is 2.21. The first-order valence-electron chi connectivity index (χ1n) is 8.23. The minimum Gasteiger partial charge on any atom is -0.274 e. The highest BCUT2D eigenvalue weighted by atomic mass is 32.2. The zero-order valence-corrected chi connectivity index (χ0v) is 17.9. The van der Waals surface area contributed by atoms with Crippen molar-refractivity contribution in [2.24, 2.45) is 0 Å².